The molecule has 3 nitrogen and oxygen atoms in total. The summed E-state index contributed by atoms with van der Waals surface area (Å²) in [4.78, 5) is 3.93. The van der Waals surface area contributed by atoms with Gasteiger partial charge in [0.15, 0.2) is 11.5 Å². The molecule has 0 bridgehead atoms. The molecule has 0 saturated carbocycles. The van der Waals surface area contributed by atoms with E-state index in [4.69, 9.17) is 44.3 Å². The second kappa shape index (κ2) is 7.02. The van der Waals surface area contributed by atoms with Crippen LogP contribution in [0, 0.1) is 0 Å². The fourth-order valence-corrected chi connectivity index (χ4v) is 2.31. The number of methoxy groups -OCH3 is 1. The van der Waals surface area contributed by atoms with E-state index in [0.717, 1.165) is 11.1 Å². The number of pyridine rings is 1. The van der Waals surface area contributed by atoms with Crippen molar-refractivity contribution in [2.45, 2.75) is 12.5 Å². The highest BCUT2D eigenvalue weighted by Crippen LogP contribution is 2.36. The van der Waals surface area contributed by atoms with Gasteiger partial charge >= 0.3 is 0 Å². The molecule has 0 N–H and O–H groups in total. The Kier molecular flexibility index (Phi) is 5.35. The summed E-state index contributed by atoms with van der Waals surface area (Å²) >= 11 is 18.0. The van der Waals surface area contributed by atoms with Gasteiger partial charge in [-0.15, -0.1) is 11.6 Å². The molecule has 6 heteroatoms. The molecule has 1 aromatic carbocycles. The summed E-state index contributed by atoms with van der Waals surface area (Å²) in [6.45, 7) is 0.295. The van der Waals surface area contributed by atoms with Crippen LogP contribution < -0.4 is 9.47 Å². The summed E-state index contributed by atoms with van der Waals surface area (Å²) in [5.41, 5.74) is 1.60. The zero-order valence-corrected chi connectivity index (χ0v) is 13.0. The normalized spacial score (nSPS) is 10.4. The molecule has 20 heavy (non-hydrogen) atoms. The van der Waals surface area contributed by atoms with E-state index in [2.05, 4.69) is 4.98 Å². The van der Waals surface area contributed by atoms with Crippen LogP contribution in [-0.2, 0) is 12.5 Å². The summed E-state index contributed by atoms with van der Waals surface area (Å²) in [5.74, 6) is 1.38. The van der Waals surface area contributed by atoms with Crippen LogP contribution in [0.2, 0.25) is 10.0 Å². The maximum atomic E-state index is 6.04. The lowest BCUT2D eigenvalue weighted by atomic mass is 10.2. The third-order valence-corrected chi connectivity index (χ3v) is 3.54. The molecule has 0 atom stereocenters. The van der Waals surface area contributed by atoms with Crippen molar-refractivity contribution in [2.75, 3.05) is 7.11 Å². The third kappa shape index (κ3) is 3.48. The van der Waals surface area contributed by atoms with E-state index in [-0.39, 0.29) is 5.88 Å². The number of hydrogen-bond donors (Lipinski definition) is 0. The second-order valence-electron chi connectivity index (χ2n) is 3.99. The molecule has 0 radical (unpaired) electrons. The van der Waals surface area contributed by atoms with Gasteiger partial charge in [-0.1, -0.05) is 23.2 Å². The van der Waals surface area contributed by atoms with Crippen molar-refractivity contribution >= 4 is 34.8 Å². The first-order chi connectivity index (χ1) is 9.65. The minimum atomic E-state index is 0.274. The molecule has 1 heterocycles. The fraction of sp³-hybridized carbons (Fsp3) is 0.214. The molecule has 2 rings (SSSR count). The van der Waals surface area contributed by atoms with Crippen LogP contribution >= 0.6 is 34.8 Å². The van der Waals surface area contributed by atoms with Crippen molar-refractivity contribution in [3.8, 4) is 11.5 Å². The van der Waals surface area contributed by atoms with Crippen LogP contribution in [-0.4, -0.2) is 12.1 Å². The van der Waals surface area contributed by atoms with Crippen molar-refractivity contribution in [2.24, 2.45) is 0 Å². The predicted octanol–water partition coefficient (Wildman–Crippen LogP) is 4.71. The summed E-state index contributed by atoms with van der Waals surface area (Å²) in [5, 5.41) is 1.10. The van der Waals surface area contributed by atoms with Gasteiger partial charge in [-0.3, -0.25) is 4.98 Å². The first-order valence-corrected chi connectivity index (χ1v) is 7.08. The van der Waals surface area contributed by atoms with Gasteiger partial charge < -0.3 is 9.47 Å². The Morgan fingerprint density at radius 3 is 2.65 bits per heavy atom. The lowest BCUT2D eigenvalue weighted by Gasteiger charge is -2.15. The topological polar surface area (TPSA) is 31.4 Å². The Hall–Kier alpha value is -1.16. The molecule has 2 aromatic rings. The Labute approximate surface area is 132 Å². The van der Waals surface area contributed by atoms with Crippen molar-refractivity contribution in [1.82, 2.24) is 4.98 Å². The Bertz CT molecular complexity index is 580. The maximum absolute atomic E-state index is 6.04. The lowest BCUT2D eigenvalue weighted by Crippen LogP contribution is -2.01. The van der Waals surface area contributed by atoms with E-state index >= 15 is 0 Å². The minimum absolute atomic E-state index is 0.274. The van der Waals surface area contributed by atoms with Gasteiger partial charge in [0.1, 0.15) is 6.61 Å². The average molecular weight is 333 g/mol. The highest BCUT2D eigenvalue weighted by Gasteiger charge is 2.13. The second-order valence-corrected chi connectivity index (χ2v) is 5.10. The smallest absolute Gasteiger partial charge is 0.166 e. The minimum Gasteiger partial charge on any atom is -0.493 e. The number of aromatic nitrogens is 1. The SMILES string of the molecule is COc1cc(Cl)cc(CCl)c1OCc1ccncc1Cl. The largest absolute Gasteiger partial charge is 0.493 e. The molecule has 0 spiro atoms. The first kappa shape index (κ1) is 15.2. The molecule has 0 aliphatic carbocycles. The number of halogens is 3. The molecule has 0 aliphatic rings. The van der Waals surface area contributed by atoms with Gasteiger partial charge in [-0.05, 0) is 12.1 Å². The highest BCUT2D eigenvalue weighted by atomic mass is 35.5. The molecule has 0 unspecified atom stereocenters. The number of benzene rings is 1. The summed E-state index contributed by atoms with van der Waals surface area (Å²) in [6, 6.07) is 5.23. The van der Waals surface area contributed by atoms with Gasteiger partial charge in [-0.25, -0.2) is 0 Å². The van der Waals surface area contributed by atoms with E-state index in [1.165, 1.54) is 0 Å². The number of rotatable bonds is 5. The summed E-state index contributed by atoms with van der Waals surface area (Å²) in [7, 11) is 1.55. The number of nitrogens with zero attached hydrogens (tertiary/aromatic N) is 1. The van der Waals surface area contributed by atoms with Gasteiger partial charge in [0.05, 0.1) is 18.0 Å². The zero-order valence-electron chi connectivity index (χ0n) is 10.7. The van der Waals surface area contributed by atoms with E-state index in [1.54, 1.807) is 37.7 Å². The lowest BCUT2D eigenvalue weighted by molar-refractivity contribution is 0.282. The first-order valence-electron chi connectivity index (χ1n) is 5.79. The van der Waals surface area contributed by atoms with Gasteiger partial charge in [0.2, 0.25) is 0 Å². The van der Waals surface area contributed by atoms with Gasteiger partial charge in [0, 0.05) is 34.6 Å². The molecular formula is C14H12Cl3NO2. The molecule has 106 valence electrons. The van der Waals surface area contributed by atoms with E-state index in [9.17, 15) is 0 Å². The fourth-order valence-electron chi connectivity index (χ4n) is 1.71. The number of ether oxygens (including phenoxy) is 2. The predicted molar refractivity (Wildman–Crippen MR) is 81.1 cm³/mol. The van der Waals surface area contributed by atoms with Gasteiger partial charge in [-0.2, -0.15) is 0 Å². The zero-order chi connectivity index (χ0) is 14.5. The van der Waals surface area contributed by atoms with E-state index in [0.29, 0.717) is 28.2 Å². The Morgan fingerprint density at radius 2 is 2.00 bits per heavy atom. The van der Waals surface area contributed by atoms with Crippen LogP contribution in [0.25, 0.3) is 0 Å². The molecule has 1 aromatic heterocycles. The van der Waals surface area contributed by atoms with Crippen molar-refractivity contribution in [1.29, 1.82) is 0 Å². The third-order valence-electron chi connectivity index (χ3n) is 2.69. The Morgan fingerprint density at radius 1 is 1.20 bits per heavy atom. The summed E-state index contributed by atoms with van der Waals surface area (Å²) in [6.07, 6.45) is 3.23. The maximum Gasteiger partial charge on any atom is 0.166 e. The molecule has 0 saturated heterocycles. The molecule has 0 fully saturated rings. The van der Waals surface area contributed by atoms with E-state index < -0.39 is 0 Å². The van der Waals surface area contributed by atoms with Crippen LogP contribution in [0.5, 0.6) is 11.5 Å². The Balaban J connectivity index is 2.27. The number of hydrogen-bond acceptors (Lipinski definition) is 3. The molecule has 0 amide bonds. The van der Waals surface area contributed by atoms with Crippen LogP contribution in [0.15, 0.2) is 30.6 Å². The molecule has 0 aliphatic heterocycles. The van der Waals surface area contributed by atoms with Gasteiger partial charge in [0.25, 0.3) is 0 Å². The van der Waals surface area contributed by atoms with Crippen molar-refractivity contribution < 1.29 is 9.47 Å². The average Bonchev–Trinajstić information content (AvgIpc) is 2.46. The van der Waals surface area contributed by atoms with E-state index in [1.807, 2.05) is 0 Å². The van der Waals surface area contributed by atoms with Crippen LogP contribution in [0.4, 0.5) is 0 Å². The van der Waals surface area contributed by atoms with Crippen molar-refractivity contribution in [3.63, 3.8) is 0 Å². The van der Waals surface area contributed by atoms with Crippen LogP contribution in [0.3, 0.4) is 0 Å². The standard InChI is InChI=1S/C14H12Cl3NO2/c1-19-13-5-11(16)4-10(6-15)14(13)20-8-9-2-3-18-7-12(9)17/h2-5,7H,6,8H2,1H3. The monoisotopic (exact) mass is 331 g/mol. The molecular weight excluding hydrogens is 321 g/mol. The quantitative estimate of drug-likeness (QED) is 0.743. The summed E-state index contributed by atoms with van der Waals surface area (Å²) < 4.78 is 11.1. The number of alkyl halides is 1. The highest BCUT2D eigenvalue weighted by molar-refractivity contribution is 6.31. The van der Waals surface area contributed by atoms with Crippen molar-refractivity contribution in [3.05, 3.63) is 51.8 Å². The van der Waals surface area contributed by atoms with Crippen LogP contribution in [0.1, 0.15) is 11.1 Å².